The van der Waals surface area contributed by atoms with E-state index >= 15 is 0 Å². The van der Waals surface area contributed by atoms with Gasteiger partial charge in [-0.25, -0.2) is 0 Å². The van der Waals surface area contributed by atoms with Gasteiger partial charge in [0.15, 0.2) is 0 Å². The van der Waals surface area contributed by atoms with Gasteiger partial charge in [0.2, 0.25) is 5.91 Å². The summed E-state index contributed by atoms with van der Waals surface area (Å²) >= 11 is 6.42. The Balaban J connectivity index is 1.49. The van der Waals surface area contributed by atoms with Gasteiger partial charge >= 0.3 is 0 Å². The second-order valence-electron chi connectivity index (χ2n) is 6.46. The van der Waals surface area contributed by atoms with Crippen LogP contribution in [0, 0.1) is 5.92 Å². The first-order valence-corrected chi connectivity index (χ1v) is 8.94. The second kappa shape index (κ2) is 7.02. The van der Waals surface area contributed by atoms with E-state index in [2.05, 4.69) is 15.2 Å². The van der Waals surface area contributed by atoms with Crippen molar-refractivity contribution in [2.75, 3.05) is 36.5 Å². The first-order chi connectivity index (χ1) is 12.2. The molecule has 2 aromatic rings. The van der Waals surface area contributed by atoms with Gasteiger partial charge in [-0.05, 0) is 36.1 Å². The number of ether oxygens (including phenoxy) is 1. The van der Waals surface area contributed by atoms with Gasteiger partial charge < -0.3 is 15.0 Å². The maximum atomic E-state index is 12.7. The van der Waals surface area contributed by atoms with Crippen molar-refractivity contribution in [3.8, 4) is 0 Å². The highest BCUT2D eigenvalue weighted by Gasteiger charge is 2.44. The molecule has 2 atom stereocenters. The molecule has 2 fully saturated rings. The van der Waals surface area contributed by atoms with E-state index in [1.807, 2.05) is 36.5 Å². The van der Waals surface area contributed by atoms with Gasteiger partial charge in [0.1, 0.15) is 0 Å². The zero-order valence-electron chi connectivity index (χ0n) is 13.8. The van der Waals surface area contributed by atoms with Crippen LogP contribution in [0.4, 0.5) is 11.4 Å². The number of benzene rings is 1. The molecule has 1 aliphatic heterocycles. The maximum Gasteiger partial charge on any atom is 0.228 e. The molecule has 2 aliphatic rings. The van der Waals surface area contributed by atoms with Crippen molar-refractivity contribution in [1.29, 1.82) is 0 Å². The van der Waals surface area contributed by atoms with E-state index in [4.69, 9.17) is 16.3 Å². The molecule has 6 heteroatoms. The number of nitrogens with one attached hydrogen (secondary N) is 1. The minimum atomic E-state index is 0.000667. The van der Waals surface area contributed by atoms with Crippen LogP contribution in [-0.4, -0.2) is 37.2 Å². The number of hydrogen-bond acceptors (Lipinski definition) is 4. The summed E-state index contributed by atoms with van der Waals surface area (Å²) in [7, 11) is 0. The number of carbonyl (C=O) groups is 1. The lowest BCUT2D eigenvalue weighted by atomic mass is 10.1. The van der Waals surface area contributed by atoms with E-state index < -0.39 is 0 Å². The summed E-state index contributed by atoms with van der Waals surface area (Å²) in [6.45, 7) is 2.89. The van der Waals surface area contributed by atoms with Gasteiger partial charge in [-0.15, -0.1) is 0 Å². The van der Waals surface area contributed by atoms with Crippen LogP contribution >= 0.6 is 11.6 Å². The normalized spacial score (nSPS) is 22.5. The standard InChI is InChI=1S/C19H20ClN3O2/c20-16-4-1-5-17(18(16)23-7-9-25-10-8-23)22-19(24)15-11-14(15)13-3-2-6-21-12-13/h1-6,12,14-15H,7-11H2,(H,22,24)/t14-,15-/m1/s1. The molecule has 1 aromatic carbocycles. The van der Waals surface area contributed by atoms with Crippen molar-refractivity contribution < 1.29 is 9.53 Å². The molecule has 2 heterocycles. The minimum Gasteiger partial charge on any atom is -0.378 e. The van der Waals surface area contributed by atoms with E-state index in [1.165, 1.54) is 0 Å². The molecule has 25 heavy (non-hydrogen) atoms. The summed E-state index contributed by atoms with van der Waals surface area (Å²) in [4.78, 5) is 19.0. The number of halogens is 1. The van der Waals surface area contributed by atoms with Crippen LogP contribution in [-0.2, 0) is 9.53 Å². The number of para-hydroxylation sites is 1. The third-order valence-corrected chi connectivity index (χ3v) is 5.12. The fourth-order valence-electron chi connectivity index (χ4n) is 3.40. The van der Waals surface area contributed by atoms with Crippen LogP contribution in [0.1, 0.15) is 17.9 Å². The first kappa shape index (κ1) is 16.4. The van der Waals surface area contributed by atoms with Gasteiger partial charge in [0.05, 0.1) is 29.6 Å². The van der Waals surface area contributed by atoms with Gasteiger partial charge in [-0.1, -0.05) is 23.7 Å². The molecule has 0 radical (unpaired) electrons. The average Bonchev–Trinajstić information content (AvgIpc) is 3.44. The third-order valence-electron chi connectivity index (χ3n) is 4.81. The number of amides is 1. The Hall–Kier alpha value is -2.11. The van der Waals surface area contributed by atoms with Crippen molar-refractivity contribution in [2.24, 2.45) is 5.92 Å². The molecule has 130 valence electrons. The minimum absolute atomic E-state index is 0.000667. The Labute approximate surface area is 152 Å². The van der Waals surface area contributed by atoms with Crippen LogP contribution < -0.4 is 10.2 Å². The number of morpholine rings is 1. The summed E-state index contributed by atoms with van der Waals surface area (Å²) in [5.41, 5.74) is 2.79. The summed E-state index contributed by atoms with van der Waals surface area (Å²) in [6, 6.07) is 9.58. The highest BCUT2D eigenvalue weighted by Crippen LogP contribution is 2.48. The number of pyridine rings is 1. The molecule has 1 saturated carbocycles. The molecule has 0 spiro atoms. The summed E-state index contributed by atoms with van der Waals surface area (Å²) in [5, 5.41) is 3.74. The second-order valence-corrected chi connectivity index (χ2v) is 6.87. The van der Waals surface area contributed by atoms with Crippen LogP contribution in [0.2, 0.25) is 5.02 Å². The molecule has 1 N–H and O–H groups in total. The van der Waals surface area contributed by atoms with E-state index in [1.54, 1.807) is 6.20 Å². The molecule has 0 bridgehead atoms. The Morgan fingerprint density at radius 1 is 1.24 bits per heavy atom. The van der Waals surface area contributed by atoms with Crippen LogP contribution in [0.3, 0.4) is 0 Å². The number of nitrogens with zero attached hydrogens (tertiary/aromatic N) is 2. The van der Waals surface area contributed by atoms with Crippen molar-refractivity contribution in [3.63, 3.8) is 0 Å². The summed E-state index contributed by atoms with van der Waals surface area (Å²) < 4.78 is 5.42. The fourth-order valence-corrected chi connectivity index (χ4v) is 3.69. The fraction of sp³-hybridized carbons (Fsp3) is 0.368. The maximum absolute atomic E-state index is 12.7. The van der Waals surface area contributed by atoms with Gasteiger partial charge in [-0.2, -0.15) is 0 Å². The predicted octanol–water partition coefficient (Wildman–Crippen LogP) is 3.31. The topological polar surface area (TPSA) is 54.5 Å². The molecule has 1 amide bonds. The van der Waals surface area contributed by atoms with Gasteiger partial charge in [0.25, 0.3) is 0 Å². The number of anilines is 2. The molecule has 1 aliphatic carbocycles. The molecular formula is C19H20ClN3O2. The first-order valence-electron chi connectivity index (χ1n) is 8.56. The smallest absolute Gasteiger partial charge is 0.228 e. The van der Waals surface area contributed by atoms with Crippen LogP contribution in [0.25, 0.3) is 0 Å². The summed E-state index contributed by atoms with van der Waals surface area (Å²) in [5.74, 6) is 0.311. The number of hydrogen-bond donors (Lipinski definition) is 1. The molecular weight excluding hydrogens is 338 g/mol. The SMILES string of the molecule is O=C(Nc1cccc(Cl)c1N1CCOCC1)[C@@H]1C[C@@H]1c1cccnc1. The van der Waals surface area contributed by atoms with Crippen molar-refractivity contribution in [3.05, 3.63) is 53.3 Å². The molecule has 4 rings (SSSR count). The Morgan fingerprint density at radius 3 is 2.84 bits per heavy atom. The zero-order valence-corrected chi connectivity index (χ0v) is 14.6. The van der Waals surface area contributed by atoms with E-state index in [0.717, 1.165) is 36.4 Å². The van der Waals surface area contributed by atoms with Crippen LogP contribution in [0.15, 0.2) is 42.7 Å². The summed E-state index contributed by atoms with van der Waals surface area (Å²) in [6.07, 6.45) is 4.46. The van der Waals surface area contributed by atoms with E-state index in [-0.39, 0.29) is 17.7 Å². The lowest BCUT2D eigenvalue weighted by molar-refractivity contribution is -0.117. The molecule has 0 unspecified atom stereocenters. The van der Waals surface area contributed by atoms with Crippen LogP contribution in [0.5, 0.6) is 0 Å². The predicted molar refractivity (Wildman–Crippen MR) is 98.2 cm³/mol. The number of rotatable bonds is 4. The van der Waals surface area contributed by atoms with Crippen molar-refractivity contribution >= 4 is 28.9 Å². The van der Waals surface area contributed by atoms with Crippen molar-refractivity contribution in [2.45, 2.75) is 12.3 Å². The monoisotopic (exact) mass is 357 g/mol. The quantitative estimate of drug-likeness (QED) is 0.912. The Bertz CT molecular complexity index is 763. The van der Waals surface area contributed by atoms with Gasteiger partial charge in [-0.3, -0.25) is 9.78 Å². The zero-order chi connectivity index (χ0) is 17.2. The Kier molecular flexibility index (Phi) is 4.59. The average molecular weight is 358 g/mol. The van der Waals surface area contributed by atoms with E-state index in [9.17, 15) is 4.79 Å². The molecule has 1 saturated heterocycles. The molecule has 5 nitrogen and oxygen atoms in total. The Morgan fingerprint density at radius 2 is 2.08 bits per heavy atom. The largest absolute Gasteiger partial charge is 0.378 e. The third kappa shape index (κ3) is 3.48. The number of aromatic nitrogens is 1. The lowest BCUT2D eigenvalue weighted by Gasteiger charge is -2.31. The number of carbonyl (C=O) groups excluding carboxylic acids is 1. The molecule has 1 aromatic heterocycles. The van der Waals surface area contributed by atoms with E-state index in [0.29, 0.717) is 18.2 Å². The highest BCUT2D eigenvalue weighted by atomic mass is 35.5. The lowest BCUT2D eigenvalue weighted by Crippen LogP contribution is -2.37. The highest BCUT2D eigenvalue weighted by molar-refractivity contribution is 6.34. The van der Waals surface area contributed by atoms with Crippen molar-refractivity contribution in [1.82, 2.24) is 4.98 Å². The van der Waals surface area contributed by atoms with Gasteiger partial charge in [0, 0.05) is 31.4 Å².